The van der Waals surface area contributed by atoms with Crippen molar-refractivity contribution in [1.29, 1.82) is 0 Å². The van der Waals surface area contributed by atoms with Gasteiger partial charge in [0.2, 0.25) is 0 Å². The van der Waals surface area contributed by atoms with Gasteiger partial charge in [-0.15, -0.1) is 0 Å². The van der Waals surface area contributed by atoms with Crippen molar-refractivity contribution < 1.29 is 24.5 Å². The smallest absolute Gasteiger partial charge is 0.335 e. The zero-order valence-corrected chi connectivity index (χ0v) is 12.3. The van der Waals surface area contributed by atoms with Crippen molar-refractivity contribution in [2.45, 2.75) is 13.2 Å². The molecule has 2 amide bonds. The molecule has 0 aliphatic rings. The van der Waals surface area contributed by atoms with Crippen molar-refractivity contribution in [2.75, 3.05) is 5.32 Å². The first-order valence-electron chi connectivity index (χ1n) is 6.80. The minimum absolute atomic E-state index is 0.0798. The second-order valence-corrected chi connectivity index (χ2v) is 4.74. The predicted molar refractivity (Wildman–Crippen MR) is 83.8 cm³/mol. The Kier molecular flexibility index (Phi) is 5.03. The molecule has 0 fully saturated rings. The van der Waals surface area contributed by atoms with Gasteiger partial charge in [-0.1, -0.05) is 6.07 Å². The van der Waals surface area contributed by atoms with Crippen molar-refractivity contribution >= 4 is 17.7 Å². The maximum atomic E-state index is 11.9. The molecule has 2 rings (SSSR count). The van der Waals surface area contributed by atoms with Crippen LogP contribution < -0.4 is 15.4 Å². The van der Waals surface area contributed by atoms with Crippen LogP contribution in [-0.4, -0.2) is 28.4 Å². The highest BCUT2D eigenvalue weighted by molar-refractivity contribution is 5.93. The molecule has 2 aromatic rings. The van der Waals surface area contributed by atoms with Gasteiger partial charge in [0, 0.05) is 5.69 Å². The largest absolute Gasteiger partial charge is 0.508 e. The highest BCUT2D eigenvalue weighted by Crippen LogP contribution is 2.16. The normalized spacial score (nSPS) is 11.3. The summed E-state index contributed by atoms with van der Waals surface area (Å²) in [6, 6.07) is 11.5. The average Bonchev–Trinajstić information content (AvgIpc) is 2.49. The minimum atomic E-state index is -1.07. The molecule has 120 valence electrons. The molecule has 0 saturated carbocycles. The molecule has 0 radical (unpaired) electrons. The van der Waals surface area contributed by atoms with E-state index in [-0.39, 0.29) is 11.3 Å². The highest BCUT2D eigenvalue weighted by Gasteiger charge is 2.10. The van der Waals surface area contributed by atoms with E-state index in [0.29, 0.717) is 11.4 Å². The first kappa shape index (κ1) is 16.2. The number of phenols is 1. The molecule has 7 heteroatoms. The maximum absolute atomic E-state index is 11.9. The number of carbonyl (C=O) groups is 2. The molecule has 0 aromatic heterocycles. The topological polar surface area (TPSA) is 108 Å². The number of nitrogens with one attached hydrogen (secondary N) is 2. The zero-order chi connectivity index (χ0) is 16.8. The molecular formula is C16H16N2O5. The Morgan fingerprint density at radius 1 is 1.13 bits per heavy atom. The fraction of sp³-hybridized carbons (Fsp3) is 0.125. The second-order valence-electron chi connectivity index (χ2n) is 4.74. The molecule has 1 atom stereocenters. The first-order valence-corrected chi connectivity index (χ1v) is 6.80. The number of amides is 2. The Morgan fingerprint density at radius 2 is 1.83 bits per heavy atom. The van der Waals surface area contributed by atoms with Gasteiger partial charge in [0.15, 0.2) is 6.23 Å². The number of phenolic OH excluding ortho intramolecular Hbond substituents is 1. The van der Waals surface area contributed by atoms with Crippen LogP contribution in [0.4, 0.5) is 10.5 Å². The van der Waals surface area contributed by atoms with E-state index in [1.54, 1.807) is 25.1 Å². The van der Waals surface area contributed by atoms with E-state index < -0.39 is 18.2 Å². The number of anilines is 1. The summed E-state index contributed by atoms with van der Waals surface area (Å²) in [5.74, 6) is -0.462. The van der Waals surface area contributed by atoms with Crippen molar-refractivity contribution in [2.24, 2.45) is 0 Å². The van der Waals surface area contributed by atoms with E-state index in [1.807, 2.05) is 0 Å². The summed E-state index contributed by atoms with van der Waals surface area (Å²) >= 11 is 0. The second kappa shape index (κ2) is 7.17. The van der Waals surface area contributed by atoms with Crippen LogP contribution in [0.3, 0.4) is 0 Å². The van der Waals surface area contributed by atoms with E-state index in [4.69, 9.17) is 9.84 Å². The quantitative estimate of drug-likeness (QED) is 0.634. The number of carboxylic acids is 1. The molecule has 2 aromatic carbocycles. The van der Waals surface area contributed by atoms with Crippen molar-refractivity contribution in [3.63, 3.8) is 0 Å². The number of carboxylic acid groups (broad SMARTS) is 1. The van der Waals surface area contributed by atoms with Crippen LogP contribution >= 0.6 is 0 Å². The molecule has 1 unspecified atom stereocenters. The van der Waals surface area contributed by atoms with Gasteiger partial charge < -0.3 is 25.6 Å². The Labute approximate surface area is 132 Å². The Balaban J connectivity index is 1.90. The van der Waals surface area contributed by atoms with Gasteiger partial charge >= 0.3 is 12.0 Å². The van der Waals surface area contributed by atoms with Crippen LogP contribution in [0.2, 0.25) is 0 Å². The summed E-state index contributed by atoms with van der Waals surface area (Å²) in [6.45, 7) is 1.64. The lowest BCUT2D eigenvalue weighted by molar-refractivity contribution is 0.0697. The first-order chi connectivity index (χ1) is 10.9. The highest BCUT2D eigenvalue weighted by atomic mass is 16.5. The fourth-order valence-electron chi connectivity index (χ4n) is 1.84. The van der Waals surface area contributed by atoms with Crippen molar-refractivity contribution in [1.82, 2.24) is 5.32 Å². The molecule has 0 aliphatic carbocycles. The summed E-state index contributed by atoms with van der Waals surface area (Å²) < 4.78 is 5.46. The minimum Gasteiger partial charge on any atom is -0.508 e. The third kappa shape index (κ3) is 4.92. The van der Waals surface area contributed by atoms with E-state index in [9.17, 15) is 14.7 Å². The molecule has 0 bridgehead atoms. The standard InChI is InChI=1S/C16H16N2O5/c1-10(23-14-7-5-13(19)6-8-14)17-16(22)18-12-4-2-3-11(9-12)15(20)21/h2-10,19H,1H3,(H,20,21)(H2,17,18,22). The number of urea groups is 1. The third-order valence-corrected chi connectivity index (χ3v) is 2.85. The number of carbonyl (C=O) groups excluding carboxylic acids is 1. The molecular weight excluding hydrogens is 300 g/mol. The van der Waals surface area contributed by atoms with Crippen LogP contribution in [0.1, 0.15) is 17.3 Å². The summed E-state index contributed by atoms with van der Waals surface area (Å²) in [5.41, 5.74) is 0.440. The Bertz CT molecular complexity index is 700. The number of rotatable bonds is 5. The van der Waals surface area contributed by atoms with Crippen LogP contribution in [-0.2, 0) is 0 Å². The van der Waals surface area contributed by atoms with E-state index in [1.165, 1.54) is 30.3 Å². The lowest BCUT2D eigenvalue weighted by atomic mass is 10.2. The number of hydrogen-bond donors (Lipinski definition) is 4. The average molecular weight is 316 g/mol. The molecule has 0 aliphatic heterocycles. The molecule has 4 N–H and O–H groups in total. The summed E-state index contributed by atoms with van der Waals surface area (Å²) in [6.07, 6.45) is -0.623. The lowest BCUT2D eigenvalue weighted by Crippen LogP contribution is -2.39. The van der Waals surface area contributed by atoms with E-state index >= 15 is 0 Å². The lowest BCUT2D eigenvalue weighted by Gasteiger charge is -2.17. The van der Waals surface area contributed by atoms with Gasteiger partial charge in [-0.3, -0.25) is 0 Å². The zero-order valence-electron chi connectivity index (χ0n) is 12.3. The Hall–Kier alpha value is -3.22. The van der Waals surface area contributed by atoms with Crippen LogP contribution in [0.25, 0.3) is 0 Å². The molecule has 0 saturated heterocycles. The fourth-order valence-corrected chi connectivity index (χ4v) is 1.84. The van der Waals surface area contributed by atoms with Gasteiger partial charge in [0.1, 0.15) is 11.5 Å². The molecule has 0 spiro atoms. The SMILES string of the molecule is CC(NC(=O)Nc1cccc(C(=O)O)c1)Oc1ccc(O)cc1. The number of hydrogen-bond acceptors (Lipinski definition) is 4. The van der Waals surface area contributed by atoms with Gasteiger partial charge in [-0.2, -0.15) is 0 Å². The van der Waals surface area contributed by atoms with Gasteiger partial charge in [0.25, 0.3) is 0 Å². The summed E-state index contributed by atoms with van der Waals surface area (Å²) in [7, 11) is 0. The Morgan fingerprint density at radius 3 is 2.48 bits per heavy atom. The number of ether oxygens (including phenoxy) is 1. The summed E-state index contributed by atoms with van der Waals surface area (Å²) in [5, 5.41) is 23.2. The number of benzene rings is 2. The van der Waals surface area contributed by atoms with Crippen LogP contribution in [0.15, 0.2) is 48.5 Å². The van der Waals surface area contributed by atoms with E-state index in [2.05, 4.69) is 10.6 Å². The van der Waals surface area contributed by atoms with E-state index in [0.717, 1.165) is 0 Å². The van der Waals surface area contributed by atoms with Gasteiger partial charge in [-0.05, 0) is 49.4 Å². The van der Waals surface area contributed by atoms with Crippen LogP contribution in [0.5, 0.6) is 11.5 Å². The van der Waals surface area contributed by atoms with Gasteiger partial charge in [-0.25, -0.2) is 9.59 Å². The van der Waals surface area contributed by atoms with Crippen molar-refractivity contribution in [3.8, 4) is 11.5 Å². The summed E-state index contributed by atoms with van der Waals surface area (Å²) in [4.78, 5) is 22.7. The maximum Gasteiger partial charge on any atom is 0.335 e. The van der Waals surface area contributed by atoms with Crippen molar-refractivity contribution in [3.05, 3.63) is 54.1 Å². The monoisotopic (exact) mass is 316 g/mol. The molecule has 0 heterocycles. The van der Waals surface area contributed by atoms with Gasteiger partial charge in [0.05, 0.1) is 5.56 Å². The number of aromatic carboxylic acids is 1. The van der Waals surface area contributed by atoms with Crippen LogP contribution in [0, 0.1) is 0 Å². The predicted octanol–water partition coefficient (Wildman–Crippen LogP) is 2.64. The third-order valence-electron chi connectivity index (χ3n) is 2.85. The molecule has 7 nitrogen and oxygen atoms in total. The number of aromatic hydroxyl groups is 1. The molecule has 23 heavy (non-hydrogen) atoms.